The number of anilines is 2. The highest BCUT2D eigenvalue weighted by molar-refractivity contribution is 6.18. The molecule has 5 rings (SSSR count). The van der Waals surface area contributed by atoms with E-state index in [1.807, 2.05) is 37.3 Å². The van der Waals surface area contributed by atoms with Gasteiger partial charge in [-0.3, -0.25) is 10.3 Å². The molecule has 0 saturated carbocycles. The van der Waals surface area contributed by atoms with Crippen molar-refractivity contribution in [3.05, 3.63) is 72.4 Å². The molecule has 8 nitrogen and oxygen atoms in total. The van der Waals surface area contributed by atoms with E-state index in [1.165, 1.54) is 0 Å². The molecule has 1 aliphatic heterocycles. The van der Waals surface area contributed by atoms with Crippen molar-refractivity contribution < 1.29 is 23.7 Å². The maximum atomic E-state index is 12.4. The fourth-order valence-corrected chi connectivity index (χ4v) is 4.49. The molecule has 3 aromatic carbocycles. The van der Waals surface area contributed by atoms with Gasteiger partial charge in [-0.15, -0.1) is 23.2 Å². The predicted octanol–water partition coefficient (Wildman–Crippen LogP) is 6.96. The number of aryl methyl sites for hydroxylation is 1. The third-order valence-corrected chi connectivity index (χ3v) is 6.18. The number of halogens is 2. The number of nitrogens with zero attached hydrogens (tertiary/aromatic N) is 2. The number of carbonyl (C=O) groups excluding carboxylic acids is 1. The SMILES string of the molecule is Cc1cc(Oc2ccc(NC(=O)Oc3ccc(N(CCCl)CCCl)cc3)cc2)c2cc3c(cc2n1)OCO3. The summed E-state index contributed by atoms with van der Waals surface area (Å²) < 4.78 is 22.5. The number of ether oxygens (including phenoxy) is 4. The lowest BCUT2D eigenvalue weighted by molar-refractivity contribution is 0.174. The minimum absolute atomic E-state index is 0.185. The summed E-state index contributed by atoms with van der Waals surface area (Å²) in [6, 6.07) is 19.8. The fourth-order valence-electron chi connectivity index (χ4n) is 4.08. The largest absolute Gasteiger partial charge is 0.457 e. The van der Waals surface area contributed by atoms with Crippen molar-refractivity contribution in [2.24, 2.45) is 0 Å². The lowest BCUT2D eigenvalue weighted by Crippen LogP contribution is -2.27. The Morgan fingerprint density at radius 3 is 2.29 bits per heavy atom. The first-order valence-corrected chi connectivity index (χ1v) is 13.0. The van der Waals surface area contributed by atoms with Gasteiger partial charge in [0.1, 0.15) is 17.2 Å². The normalized spacial score (nSPS) is 11.9. The fraction of sp³-hybridized carbons (Fsp3) is 0.214. The van der Waals surface area contributed by atoms with Crippen molar-refractivity contribution in [2.75, 3.05) is 41.9 Å². The Hall–Kier alpha value is -3.88. The van der Waals surface area contributed by atoms with E-state index in [2.05, 4.69) is 15.2 Å². The summed E-state index contributed by atoms with van der Waals surface area (Å²) in [5.41, 5.74) is 3.08. The average Bonchev–Trinajstić information content (AvgIpc) is 3.36. The Labute approximate surface area is 230 Å². The van der Waals surface area contributed by atoms with Crippen molar-refractivity contribution in [1.29, 1.82) is 0 Å². The number of alkyl halides is 2. The van der Waals surface area contributed by atoms with E-state index < -0.39 is 6.09 Å². The second-order valence-electron chi connectivity index (χ2n) is 8.48. The highest BCUT2D eigenvalue weighted by Crippen LogP contribution is 2.40. The standard InChI is InChI=1S/C28H25Cl2N3O5/c1-18-14-25(23-15-26-27(36-17-35-26)16-24(23)31-18)37-21-6-2-19(3-7-21)32-28(34)38-22-8-4-20(5-9-22)33(12-10-29)13-11-30/h2-9,14-16H,10-13,17H2,1H3,(H,32,34). The number of pyridine rings is 1. The van der Waals surface area contributed by atoms with Crippen LogP contribution >= 0.6 is 23.2 Å². The second kappa shape index (κ2) is 11.7. The summed E-state index contributed by atoms with van der Waals surface area (Å²) in [6.07, 6.45) is -0.600. The minimum Gasteiger partial charge on any atom is -0.457 e. The minimum atomic E-state index is -0.600. The van der Waals surface area contributed by atoms with E-state index in [1.54, 1.807) is 36.4 Å². The quantitative estimate of drug-likeness (QED) is 0.224. The summed E-state index contributed by atoms with van der Waals surface area (Å²) >= 11 is 11.8. The number of benzene rings is 3. The Morgan fingerprint density at radius 2 is 1.61 bits per heavy atom. The molecule has 0 fully saturated rings. The molecule has 0 saturated heterocycles. The van der Waals surface area contributed by atoms with Crippen LogP contribution in [-0.4, -0.2) is 42.7 Å². The Kier molecular flexibility index (Phi) is 7.91. The van der Waals surface area contributed by atoms with Gasteiger partial charge in [0.25, 0.3) is 0 Å². The highest BCUT2D eigenvalue weighted by Gasteiger charge is 2.18. The molecule has 4 aromatic rings. The van der Waals surface area contributed by atoms with Gasteiger partial charge in [0.2, 0.25) is 6.79 Å². The van der Waals surface area contributed by atoms with Crippen LogP contribution in [0.1, 0.15) is 5.69 Å². The first-order chi connectivity index (χ1) is 18.5. The number of hydrogen-bond donors (Lipinski definition) is 1. The van der Waals surface area contributed by atoms with Crippen LogP contribution < -0.4 is 29.2 Å². The third-order valence-electron chi connectivity index (χ3n) is 5.84. The topological polar surface area (TPSA) is 82.2 Å². The van der Waals surface area contributed by atoms with Crippen molar-refractivity contribution in [3.63, 3.8) is 0 Å². The molecule has 0 atom stereocenters. The van der Waals surface area contributed by atoms with Crippen molar-refractivity contribution >= 4 is 51.6 Å². The maximum absolute atomic E-state index is 12.4. The van der Waals surface area contributed by atoms with Crippen LogP contribution in [0, 0.1) is 6.92 Å². The van der Waals surface area contributed by atoms with Crippen molar-refractivity contribution in [1.82, 2.24) is 4.98 Å². The smallest absolute Gasteiger partial charge is 0.417 e. The average molecular weight is 554 g/mol. The molecule has 2 heterocycles. The number of hydrogen-bond acceptors (Lipinski definition) is 7. The lowest BCUT2D eigenvalue weighted by Gasteiger charge is -2.22. The van der Waals surface area contributed by atoms with Gasteiger partial charge in [0, 0.05) is 59.4 Å². The highest BCUT2D eigenvalue weighted by atomic mass is 35.5. The van der Waals surface area contributed by atoms with E-state index in [0.29, 0.717) is 59.3 Å². The van der Waals surface area contributed by atoms with Gasteiger partial charge in [-0.25, -0.2) is 4.79 Å². The molecule has 1 amide bonds. The molecule has 1 N–H and O–H groups in total. The molecular formula is C28H25Cl2N3O5. The summed E-state index contributed by atoms with van der Waals surface area (Å²) in [6.45, 7) is 3.44. The van der Waals surface area contributed by atoms with Crippen LogP contribution in [0.4, 0.5) is 16.2 Å². The van der Waals surface area contributed by atoms with E-state index in [4.69, 9.17) is 42.1 Å². The monoisotopic (exact) mass is 553 g/mol. The Balaban J connectivity index is 1.22. The molecule has 10 heteroatoms. The predicted molar refractivity (Wildman–Crippen MR) is 149 cm³/mol. The van der Waals surface area contributed by atoms with E-state index >= 15 is 0 Å². The van der Waals surface area contributed by atoms with Gasteiger partial charge in [0.15, 0.2) is 11.5 Å². The van der Waals surface area contributed by atoms with Crippen LogP contribution in [-0.2, 0) is 0 Å². The van der Waals surface area contributed by atoms with Crippen molar-refractivity contribution in [2.45, 2.75) is 6.92 Å². The van der Waals surface area contributed by atoms with Gasteiger partial charge in [-0.05, 0) is 61.5 Å². The number of carbonyl (C=O) groups is 1. The second-order valence-corrected chi connectivity index (χ2v) is 9.24. The van der Waals surface area contributed by atoms with Crippen LogP contribution in [0.3, 0.4) is 0 Å². The first-order valence-electron chi connectivity index (χ1n) is 12.0. The summed E-state index contributed by atoms with van der Waals surface area (Å²) in [5.74, 6) is 3.97. The van der Waals surface area contributed by atoms with Gasteiger partial charge < -0.3 is 23.8 Å². The van der Waals surface area contributed by atoms with E-state index in [-0.39, 0.29) is 6.79 Å². The molecule has 0 unspecified atom stereocenters. The van der Waals surface area contributed by atoms with E-state index in [0.717, 1.165) is 22.3 Å². The summed E-state index contributed by atoms with van der Waals surface area (Å²) in [5, 5.41) is 3.53. The summed E-state index contributed by atoms with van der Waals surface area (Å²) in [4.78, 5) is 19.1. The zero-order valence-electron chi connectivity index (χ0n) is 20.6. The maximum Gasteiger partial charge on any atom is 0.417 e. The first kappa shape index (κ1) is 25.8. The van der Waals surface area contributed by atoms with Crippen LogP contribution in [0.2, 0.25) is 0 Å². The molecule has 0 aliphatic carbocycles. The van der Waals surface area contributed by atoms with E-state index in [9.17, 15) is 4.79 Å². The molecule has 1 aromatic heterocycles. The molecule has 0 bridgehead atoms. The molecule has 196 valence electrons. The summed E-state index contributed by atoms with van der Waals surface area (Å²) in [7, 11) is 0. The van der Waals surface area contributed by atoms with Crippen LogP contribution in [0.15, 0.2) is 66.7 Å². The molecule has 38 heavy (non-hydrogen) atoms. The Morgan fingerprint density at radius 1 is 0.947 bits per heavy atom. The molecule has 1 aliphatic rings. The Bertz CT molecular complexity index is 1430. The van der Waals surface area contributed by atoms with Crippen molar-refractivity contribution in [3.8, 4) is 28.7 Å². The number of amides is 1. The lowest BCUT2D eigenvalue weighted by atomic mass is 10.1. The zero-order valence-corrected chi connectivity index (χ0v) is 22.1. The third kappa shape index (κ3) is 5.98. The zero-order chi connectivity index (χ0) is 26.5. The number of nitrogens with one attached hydrogen (secondary N) is 1. The molecule has 0 radical (unpaired) electrons. The van der Waals surface area contributed by atoms with Gasteiger partial charge in [-0.2, -0.15) is 0 Å². The number of rotatable bonds is 9. The van der Waals surface area contributed by atoms with Gasteiger partial charge >= 0.3 is 6.09 Å². The van der Waals surface area contributed by atoms with Crippen LogP contribution in [0.25, 0.3) is 10.9 Å². The molecular weight excluding hydrogens is 529 g/mol. The van der Waals surface area contributed by atoms with Gasteiger partial charge in [-0.1, -0.05) is 0 Å². The van der Waals surface area contributed by atoms with Gasteiger partial charge in [0.05, 0.1) is 5.52 Å². The number of fused-ring (bicyclic) bond motifs is 2. The number of aromatic nitrogens is 1. The van der Waals surface area contributed by atoms with Crippen LogP contribution in [0.5, 0.6) is 28.7 Å². The molecule has 0 spiro atoms.